The van der Waals surface area contributed by atoms with Crippen molar-refractivity contribution in [2.75, 3.05) is 24.7 Å². The van der Waals surface area contributed by atoms with Crippen LogP contribution >= 0.6 is 11.6 Å². The Balaban J connectivity index is 1.58. The van der Waals surface area contributed by atoms with Gasteiger partial charge in [-0.2, -0.15) is 0 Å². The van der Waals surface area contributed by atoms with Gasteiger partial charge in [-0.05, 0) is 47.5 Å². The fourth-order valence-electron chi connectivity index (χ4n) is 4.69. The molecule has 0 aliphatic carbocycles. The van der Waals surface area contributed by atoms with Crippen molar-refractivity contribution in [3.63, 3.8) is 0 Å². The highest BCUT2D eigenvalue weighted by Crippen LogP contribution is 2.41. The first-order valence-electron chi connectivity index (χ1n) is 13.4. The highest BCUT2D eigenvalue weighted by Gasteiger charge is 2.26. The molecule has 1 unspecified atom stereocenters. The lowest BCUT2D eigenvalue weighted by atomic mass is 10.0. The molecule has 0 aliphatic heterocycles. The van der Waals surface area contributed by atoms with Gasteiger partial charge in [0.05, 0.1) is 29.8 Å². The number of rotatable bonds is 10. The quantitative estimate of drug-likeness (QED) is 0.169. The van der Waals surface area contributed by atoms with Crippen LogP contribution < -0.4 is 9.62 Å². The summed E-state index contributed by atoms with van der Waals surface area (Å²) in [4.78, 5) is 17.6. The highest BCUT2D eigenvalue weighted by atomic mass is 35.5. The van der Waals surface area contributed by atoms with Gasteiger partial charge in [-0.3, -0.25) is 9.10 Å². The second-order valence-corrected chi connectivity index (χ2v) is 12.4. The molecule has 5 aromatic rings. The molecule has 0 bridgehead atoms. The zero-order valence-electron chi connectivity index (χ0n) is 24.0. The summed E-state index contributed by atoms with van der Waals surface area (Å²) in [6.07, 6.45) is -0.754. The van der Waals surface area contributed by atoms with Gasteiger partial charge < -0.3 is 14.5 Å². The number of alkyl halides is 1. The van der Waals surface area contributed by atoms with E-state index in [4.69, 9.17) is 20.8 Å². The Kier molecular flexibility index (Phi) is 9.00. The minimum atomic E-state index is -3.76. The van der Waals surface area contributed by atoms with Crippen molar-refractivity contribution in [2.45, 2.75) is 19.4 Å². The van der Waals surface area contributed by atoms with Gasteiger partial charge in [0.25, 0.3) is 5.91 Å². The standard InChI is InChI=1S/C32H28ClF2N3O5S/c1-36-32(39)29-24-16-23(25-14-11-21(31(33)37-25)15-28(35)42-18-19-7-5-4-6-8-19)26(38(2)44(3,40)41)17-27(24)43-30(29)20-9-12-22(34)13-10-20/h4-14,16-17,28H,15,18H2,1-3H3,(H,36,39). The fraction of sp³-hybridized carbons (Fsp3) is 0.188. The molecule has 0 saturated heterocycles. The average molecular weight is 640 g/mol. The predicted molar refractivity (Wildman–Crippen MR) is 166 cm³/mol. The van der Waals surface area contributed by atoms with E-state index in [0.29, 0.717) is 22.1 Å². The van der Waals surface area contributed by atoms with Gasteiger partial charge in [0.15, 0.2) is 0 Å². The second-order valence-electron chi connectivity index (χ2n) is 10.0. The molecule has 2 heterocycles. The molecule has 1 atom stereocenters. The molecule has 0 aliphatic rings. The third-order valence-electron chi connectivity index (χ3n) is 7.06. The van der Waals surface area contributed by atoms with E-state index in [1.807, 2.05) is 30.3 Å². The summed E-state index contributed by atoms with van der Waals surface area (Å²) in [7, 11) is -0.921. The Morgan fingerprint density at radius 1 is 1.09 bits per heavy atom. The number of nitrogens with zero attached hydrogens (tertiary/aromatic N) is 2. The number of aromatic nitrogens is 1. The van der Waals surface area contributed by atoms with E-state index in [2.05, 4.69) is 10.3 Å². The summed E-state index contributed by atoms with van der Waals surface area (Å²) in [6, 6.07) is 20.9. The van der Waals surface area contributed by atoms with Crippen LogP contribution in [0.3, 0.4) is 0 Å². The molecule has 5 rings (SSSR count). The molecule has 0 fully saturated rings. The molecule has 44 heavy (non-hydrogen) atoms. The molecule has 0 spiro atoms. The lowest BCUT2D eigenvalue weighted by molar-refractivity contribution is -0.0477. The summed E-state index contributed by atoms with van der Waals surface area (Å²) >= 11 is 6.50. The fourth-order valence-corrected chi connectivity index (χ4v) is 5.43. The number of anilines is 1. The number of nitrogens with one attached hydrogen (secondary N) is 1. The number of fused-ring (bicyclic) bond motifs is 1. The number of amides is 1. The molecule has 1 amide bonds. The molecular weight excluding hydrogens is 612 g/mol. The number of pyridine rings is 1. The zero-order valence-corrected chi connectivity index (χ0v) is 25.5. The van der Waals surface area contributed by atoms with Crippen LogP contribution in [0.15, 0.2) is 83.3 Å². The van der Waals surface area contributed by atoms with Crippen molar-refractivity contribution in [3.8, 4) is 22.6 Å². The van der Waals surface area contributed by atoms with Crippen LogP contribution in [0.2, 0.25) is 5.15 Å². The summed E-state index contributed by atoms with van der Waals surface area (Å²) in [5.74, 6) is -0.752. The van der Waals surface area contributed by atoms with E-state index in [1.165, 1.54) is 44.4 Å². The Morgan fingerprint density at radius 2 is 1.80 bits per heavy atom. The van der Waals surface area contributed by atoms with Crippen molar-refractivity contribution in [1.82, 2.24) is 10.3 Å². The molecule has 228 valence electrons. The number of carbonyl (C=O) groups is 1. The average Bonchev–Trinajstić information content (AvgIpc) is 3.38. The van der Waals surface area contributed by atoms with Crippen LogP contribution in [0.4, 0.5) is 14.5 Å². The summed E-state index contributed by atoms with van der Waals surface area (Å²) in [5, 5.41) is 2.97. The first-order valence-corrected chi connectivity index (χ1v) is 15.7. The molecule has 1 N–H and O–H groups in total. The summed E-state index contributed by atoms with van der Waals surface area (Å²) < 4.78 is 66.1. The van der Waals surface area contributed by atoms with Crippen molar-refractivity contribution in [3.05, 3.63) is 107 Å². The molecule has 3 aromatic carbocycles. The van der Waals surface area contributed by atoms with Gasteiger partial charge in [0, 0.05) is 43.1 Å². The largest absolute Gasteiger partial charge is 0.455 e. The maximum atomic E-state index is 14.7. The van der Waals surface area contributed by atoms with Crippen LogP contribution in [-0.2, 0) is 27.8 Å². The normalized spacial score (nSPS) is 12.3. The van der Waals surface area contributed by atoms with Gasteiger partial charge >= 0.3 is 0 Å². The summed E-state index contributed by atoms with van der Waals surface area (Å²) in [5.41, 5.74) is 2.86. The van der Waals surface area contributed by atoms with E-state index in [0.717, 1.165) is 16.1 Å². The minimum Gasteiger partial charge on any atom is -0.455 e. The van der Waals surface area contributed by atoms with Crippen LogP contribution in [0, 0.1) is 5.82 Å². The zero-order chi connectivity index (χ0) is 31.6. The lowest BCUT2D eigenvalue weighted by Gasteiger charge is -2.20. The van der Waals surface area contributed by atoms with Crippen molar-refractivity contribution in [2.24, 2.45) is 0 Å². The lowest BCUT2D eigenvalue weighted by Crippen LogP contribution is -2.25. The van der Waals surface area contributed by atoms with Crippen LogP contribution in [0.25, 0.3) is 33.6 Å². The molecule has 2 aromatic heterocycles. The monoisotopic (exact) mass is 639 g/mol. The molecule has 12 heteroatoms. The van der Waals surface area contributed by atoms with Crippen molar-refractivity contribution < 1.29 is 31.1 Å². The second kappa shape index (κ2) is 12.7. The first-order chi connectivity index (χ1) is 21.0. The molecule has 0 radical (unpaired) electrons. The number of halogens is 3. The maximum Gasteiger partial charge on any atom is 0.255 e. The van der Waals surface area contributed by atoms with Crippen molar-refractivity contribution in [1.29, 1.82) is 0 Å². The number of hydrogen-bond donors (Lipinski definition) is 1. The van der Waals surface area contributed by atoms with E-state index in [9.17, 15) is 22.0 Å². The Hall–Kier alpha value is -4.32. The third-order valence-corrected chi connectivity index (χ3v) is 8.58. The smallest absolute Gasteiger partial charge is 0.255 e. The Bertz CT molecular complexity index is 1930. The van der Waals surface area contributed by atoms with Gasteiger partial charge in [-0.25, -0.2) is 22.2 Å². The maximum absolute atomic E-state index is 14.7. The van der Waals surface area contributed by atoms with Gasteiger partial charge in [0.2, 0.25) is 16.4 Å². The Morgan fingerprint density at radius 3 is 2.43 bits per heavy atom. The topological polar surface area (TPSA) is 102 Å². The summed E-state index contributed by atoms with van der Waals surface area (Å²) in [6.45, 7) is 0.0879. The van der Waals surface area contributed by atoms with E-state index >= 15 is 0 Å². The highest BCUT2D eigenvalue weighted by molar-refractivity contribution is 7.92. The predicted octanol–water partition coefficient (Wildman–Crippen LogP) is 6.76. The van der Waals surface area contributed by atoms with Crippen LogP contribution in [0.1, 0.15) is 21.5 Å². The Labute approximate surface area is 258 Å². The molecular formula is C32H28ClF2N3O5S. The van der Waals surface area contributed by atoms with E-state index < -0.39 is 28.1 Å². The first kappa shape index (κ1) is 31.1. The van der Waals surface area contributed by atoms with Gasteiger partial charge in [-0.15, -0.1) is 0 Å². The number of carbonyl (C=O) groups excluding carboxylic acids is 1. The third kappa shape index (κ3) is 6.59. The van der Waals surface area contributed by atoms with Crippen molar-refractivity contribution >= 4 is 44.2 Å². The van der Waals surface area contributed by atoms with Gasteiger partial charge in [-0.1, -0.05) is 48.0 Å². The number of furan rings is 1. The number of benzene rings is 3. The molecule has 0 saturated carbocycles. The van der Waals surface area contributed by atoms with Crippen LogP contribution in [-0.4, -0.2) is 46.0 Å². The van der Waals surface area contributed by atoms with Gasteiger partial charge in [0.1, 0.15) is 22.3 Å². The molecule has 8 nitrogen and oxygen atoms in total. The van der Waals surface area contributed by atoms with Crippen LogP contribution in [0.5, 0.6) is 0 Å². The number of sulfonamides is 1. The van der Waals surface area contributed by atoms with E-state index in [1.54, 1.807) is 18.2 Å². The SMILES string of the molecule is CNC(=O)c1c(-c2ccc(F)cc2)oc2cc(N(C)S(C)(=O)=O)c(-c3ccc(CC(F)OCc4ccccc4)c(Cl)n3)cc12. The number of hydrogen-bond acceptors (Lipinski definition) is 6. The number of ether oxygens (including phenoxy) is 1. The van der Waals surface area contributed by atoms with E-state index in [-0.39, 0.29) is 46.5 Å². The minimum absolute atomic E-state index is 0.00670.